The van der Waals surface area contributed by atoms with E-state index in [1.54, 1.807) is 6.33 Å². The van der Waals surface area contributed by atoms with Crippen LogP contribution in [0, 0.1) is 0 Å². The van der Waals surface area contributed by atoms with Gasteiger partial charge in [-0.2, -0.15) is 0 Å². The summed E-state index contributed by atoms with van der Waals surface area (Å²) in [6.45, 7) is 0.864. The molecule has 0 radical (unpaired) electrons. The Bertz CT molecular complexity index is 777. The van der Waals surface area contributed by atoms with Crippen molar-refractivity contribution in [2.75, 3.05) is 17.2 Å². The molecule has 0 bridgehead atoms. The highest BCUT2D eigenvalue weighted by Crippen LogP contribution is 2.19. The minimum atomic E-state index is 0.688. The third-order valence-electron chi connectivity index (χ3n) is 3.56. The van der Waals surface area contributed by atoms with Gasteiger partial charge in [-0.15, -0.1) is 0 Å². The first-order valence-electron chi connectivity index (χ1n) is 7.92. The van der Waals surface area contributed by atoms with Gasteiger partial charge < -0.3 is 10.6 Å². The number of hydrogen-bond donors (Lipinski definition) is 2. The molecule has 2 N–H and O–H groups in total. The van der Waals surface area contributed by atoms with Gasteiger partial charge in [0, 0.05) is 23.3 Å². The Kier molecular flexibility index (Phi) is 5.64. The highest BCUT2D eigenvalue weighted by atomic mass is 35.5. The van der Waals surface area contributed by atoms with Gasteiger partial charge in [-0.1, -0.05) is 48.0 Å². The van der Waals surface area contributed by atoms with E-state index in [1.807, 2.05) is 36.4 Å². The van der Waals surface area contributed by atoms with E-state index in [0.717, 1.165) is 36.7 Å². The van der Waals surface area contributed by atoms with E-state index in [1.165, 1.54) is 5.56 Å². The van der Waals surface area contributed by atoms with Gasteiger partial charge in [0.2, 0.25) is 0 Å². The summed E-state index contributed by atoms with van der Waals surface area (Å²) in [5.74, 6) is 1.54. The molecular formula is C19H19ClN4. The summed E-state index contributed by atoms with van der Waals surface area (Å²) in [5.41, 5.74) is 2.25. The summed E-state index contributed by atoms with van der Waals surface area (Å²) in [6, 6.07) is 19.9. The van der Waals surface area contributed by atoms with E-state index in [-0.39, 0.29) is 0 Å². The Morgan fingerprint density at radius 1 is 0.875 bits per heavy atom. The van der Waals surface area contributed by atoms with E-state index < -0.39 is 0 Å². The van der Waals surface area contributed by atoms with E-state index in [2.05, 4.69) is 44.9 Å². The van der Waals surface area contributed by atoms with E-state index in [0.29, 0.717) is 5.02 Å². The molecule has 2 aromatic carbocycles. The maximum absolute atomic E-state index is 5.99. The smallest absolute Gasteiger partial charge is 0.135 e. The van der Waals surface area contributed by atoms with Crippen molar-refractivity contribution < 1.29 is 0 Å². The number of halogens is 1. The molecule has 0 aliphatic heterocycles. The van der Waals surface area contributed by atoms with Crippen LogP contribution in [0.25, 0.3) is 0 Å². The Hall–Kier alpha value is -2.59. The van der Waals surface area contributed by atoms with Crippen molar-refractivity contribution in [2.24, 2.45) is 0 Å². The number of aromatic nitrogens is 2. The lowest BCUT2D eigenvalue weighted by molar-refractivity contribution is 0.858. The summed E-state index contributed by atoms with van der Waals surface area (Å²) < 4.78 is 0. The molecule has 4 nitrogen and oxygen atoms in total. The van der Waals surface area contributed by atoms with Gasteiger partial charge in [0.05, 0.1) is 0 Å². The molecule has 0 fully saturated rings. The fourth-order valence-corrected chi connectivity index (χ4v) is 2.58. The zero-order valence-electron chi connectivity index (χ0n) is 13.2. The van der Waals surface area contributed by atoms with Crippen LogP contribution in [-0.4, -0.2) is 16.5 Å². The van der Waals surface area contributed by atoms with Crippen LogP contribution in [0.5, 0.6) is 0 Å². The van der Waals surface area contributed by atoms with Crippen molar-refractivity contribution >= 4 is 28.9 Å². The lowest BCUT2D eigenvalue weighted by Crippen LogP contribution is -2.05. The van der Waals surface area contributed by atoms with Crippen molar-refractivity contribution in [1.82, 2.24) is 9.97 Å². The molecule has 0 aliphatic carbocycles. The van der Waals surface area contributed by atoms with Crippen LogP contribution in [0.4, 0.5) is 17.3 Å². The molecule has 5 heteroatoms. The Morgan fingerprint density at radius 2 is 1.71 bits per heavy atom. The number of aryl methyl sites for hydroxylation is 1. The van der Waals surface area contributed by atoms with Gasteiger partial charge in [-0.3, -0.25) is 0 Å². The largest absolute Gasteiger partial charge is 0.370 e. The maximum atomic E-state index is 5.99. The van der Waals surface area contributed by atoms with Gasteiger partial charge in [-0.25, -0.2) is 9.97 Å². The van der Waals surface area contributed by atoms with E-state index in [4.69, 9.17) is 11.6 Å². The first-order chi connectivity index (χ1) is 11.8. The van der Waals surface area contributed by atoms with Crippen LogP contribution in [-0.2, 0) is 6.42 Å². The van der Waals surface area contributed by atoms with Crippen molar-refractivity contribution in [3.8, 4) is 0 Å². The van der Waals surface area contributed by atoms with Gasteiger partial charge >= 0.3 is 0 Å². The Morgan fingerprint density at radius 3 is 2.54 bits per heavy atom. The number of nitrogens with one attached hydrogen (secondary N) is 2. The first kappa shape index (κ1) is 16.3. The Balaban J connectivity index is 1.51. The molecule has 0 aliphatic rings. The minimum absolute atomic E-state index is 0.688. The molecule has 0 spiro atoms. The highest BCUT2D eigenvalue weighted by Gasteiger charge is 2.00. The number of anilines is 3. The van der Waals surface area contributed by atoms with Crippen molar-refractivity contribution in [3.05, 3.63) is 77.6 Å². The van der Waals surface area contributed by atoms with Crippen LogP contribution in [0.1, 0.15) is 12.0 Å². The number of hydrogen-bond acceptors (Lipinski definition) is 4. The average Bonchev–Trinajstić information content (AvgIpc) is 2.60. The fraction of sp³-hybridized carbons (Fsp3) is 0.158. The van der Waals surface area contributed by atoms with Gasteiger partial charge in [0.1, 0.15) is 18.0 Å². The van der Waals surface area contributed by atoms with E-state index in [9.17, 15) is 0 Å². The Labute approximate surface area is 146 Å². The summed E-state index contributed by atoms with van der Waals surface area (Å²) in [4.78, 5) is 8.49. The lowest BCUT2D eigenvalue weighted by Gasteiger charge is -2.09. The molecule has 0 atom stereocenters. The SMILES string of the molecule is Clc1cccc(Nc2cc(NCCCc3ccccc3)ncn2)c1. The molecule has 1 heterocycles. The van der Waals surface area contributed by atoms with Crippen molar-refractivity contribution in [2.45, 2.75) is 12.8 Å². The standard InChI is InChI=1S/C19H19ClN4/c20-16-9-4-10-17(12-16)24-19-13-18(22-14-23-19)21-11-5-8-15-6-2-1-3-7-15/h1-4,6-7,9-10,12-14H,5,8,11H2,(H2,21,22,23,24). The second kappa shape index (κ2) is 8.31. The van der Waals surface area contributed by atoms with Crippen LogP contribution < -0.4 is 10.6 Å². The predicted molar refractivity (Wildman–Crippen MR) is 100 cm³/mol. The molecule has 0 unspecified atom stereocenters. The molecule has 0 saturated heterocycles. The highest BCUT2D eigenvalue weighted by molar-refractivity contribution is 6.30. The lowest BCUT2D eigenvalue weighted by atomic mass is 10.1. The average molecular weight is 339 g/mol. The topological polar surface area (TPSA) is 49.8 Å². The second-order valence-electron chi connectivity index (χ2n) is 5.44. The number of benzene rings is 2. The molecule has 122 valence electrons. The van der Waals surface area contributed by atoms with Crippen LogP contribution in [0.15, 0.2) is 67.0 Å². The predicted octanol–water partition coefficient (Wildman–Crippen LogP) is 4.92. The number of nitrogens with zero attached hydrogens (tertiary/aromatic N) is 2. The van der Waals surface area contributed by atoms with Crippen molar-refractivity contribution in [1.29, 1.82) is 0 Å². The van der Waals surface area contributed by atoms with Gasteiger partial charge in [-0.05, 0) is 36.6 Å². The van der Waals surface area contributed by atoms with Crippen molar-refractivity contribution in [3.63, 3.8) is 0 Å². The normalized spacial score (nSPS) is 10.4. The van der Waals surface area contributed by atoms with Crippen LogP contribution >= 0.6 is 11.6 Å². The monoisotopic (exact) mass is 338 g/mol. The molecule has 24 heavy (non-hydrogen) atoms. The fourth-order valence-electron chi connectivity index (χ4n) is 2.39. The summed E-state index contributed by atoms with van der Waals surface area (Å²) >= 11 is 5.99. The molecule has 3 rings (SSSR count). The summed E-state index contributed by atoms with van der Waals surface area (Å²) in [7, 11) is 0. The minimum Gasteiger partial charge on any atom is -0.370 e. The third-order valence-corrected chi connectivity index (χ3v) is 3.79. The quantitative estimate of drug-likeness (QED) is 0.600. The maximum Gasteiger partial charge on any atom is 0.135 e. The molecule has 1 aromatic heterocycles. The third kappa shape index (κ3) is 4.96. The second-order valence-corrected chi connectivity index (χ2v) is 5.88. The molecule has 0 amide bonds. The van der Waals surface area contributed by atoms with Crippen LogP contribution in [0.3, 0.4) is 0 Å². The first-order valence-corrected chi connectivity index (χ1v) is 8.30. The van der Waals surface area contributed by atoms with Gasteiger partial charge in [0.25, 0.3) is 0 Å². The van der Waals surface area contributed by atoms with Gasteiger partial charge in [0.15, 0.2) is 0 Å². The number of rotatable bonds is 7. The molecule has 0 saturated carbocycles. The molecule has 3 aromatic rings. The summed E-state index contributed by atoms with van der Waals surface area (Å²) in [6.07, 6.45) is 3.64. The molecular weight excluding hydrogens is 320 g/mol. The zero-order valence-corrected chi connectivity index (χ0v) is 14.0. The van der Waals surface area contributed by atoms with Crippen LogP contribution in [0.2, 0.25) is 5.02 Å². The zero-order chi connectivity index (χ0) is 16.6. The van der Waals surface area contributed by atoms with E-state index >= 15 is 0 Å². The summed E-state index contributed by atoms with van der Waals surface area (Å²) in [5, 5.41) is 7.25.